The number of ether oxygens (including phenoxy) is 1. The number of carbonyl (C=O) groups is 3. The van der Waals surface area contributed by atoms with Gasteiger partial charge in [-0.2, -0.15) is 13.2 Å². The van der Waals surface area contributed by atoms with E-state index in [1.54, 1.807) is 18.7 Å². The Morgan fingerprint density at radius 3 is 2.52 bits per heavy atom. The molecule has 3 aliphatic heterocycles. The Bertz CT molecular complexity index is 1000. The summed E-state index contributed by atoms with van der Waals surface area (Å²) in [7, 11) is 0. The maximum atomic E-state index is 13.7. The molecule has 0 bridgehead atoms. The van der Waals surface area contributed by atoms with Gasteiger partial charge in [0.1, 0.15) is 6.04 Å². The number of amides is 4. The highest BCUT2D eigenvalue weighted by molar-refractivity contribution is 6.03. The van der Waals surface area contributed by atoms with Crippen LogP contribution in [-0.4, -0.2) is 78.0 Å². The normalized spacial score (nSPS) is 22.5. The van der Waals surface area contributed by atoms with Crippen LogP contribution in [-0.2, 0) is 20.5 Å². The Labute approximate surface area is 188 Å². The van der Waals surface area contributed by atoms with Gasteiger partial charge >= 0.3 is 12.2 Å². The van der Waals surface area contributed by atoms with Gasteiger partial charge in [0.25, 0.3) is 5.91 Å². The number of morpholine rings is 1. The van der Waals surface area contributed by atoms with Gasteiger partial charge in [0.05, 0.1) is 42.6 Å². The van der Waals surface area contributed by atoms with Crippen molar-refractivity contribution in [1.29, 1.82) is 0 Å². The molecule has 8 nitrogen and oxygen atoms in total. The molecule has 0 aliphatic carbocycles. The fourth-order valence-electron chi connectivity index (χ4n) is 4.58. The quantitative estimate of drug-likeness (QED) is 0.737. The molecule has 0 unspecified atom stereocenters. The predicted molar refractivity (Wildman–Crippen MR) is 111 cm³/mol. The van der Waals surface area contributed by atoms with Crippen molar-refractivity contribution in [2.24, 2.45) is 0 Å². The van der Waals surface area contributed by atoms with Gasteiger partial charge in [-0.05, 0) is 25.5 Å². The zero-order valence-electron chi connectivity index (χ0n) is 18.3. The lowest BCUT2D eigenvalue weighted by atomic mass is 9.91. The van der Waals surface area contributed by atoms with Gasteiger partial charge in [-0.3, -0.25) is 14.5 Å². The molecule has 1 aromatic rings. The largest absolute Gasteiger partial charge is 0.416 e. The second kappa shape index (κ2) is 8.69. The van der Waals surface area contributed by atoms with Gasteiger partial charge in [-0.15, -0.1) is 0 Å². The maximum absolute atomic E-state index is 13.7. The first-order chi connectivity index (χ1) is 15.6. The minimum absolute atomic E-state index is 0.0304. The van der Waals surface area contributed by atoms with Crippen molar-refractivity contribution < 1.29 is 32.3 Å². The molecular weight excluding hydrogens is 441 g/mol. The molecule has 3 aliphatic rings. The molecule has 33 heavy (non-hydrogen) atoms. The zero-order chi connectivity index (χ0) is 23.9. The minimum atomic E-state index is -4.66. The summed E-state index contributed by atoms with van der Waals surface area (Å²) < 4.78 is 46.4. The molecule has 11 heteroatoms. The second-order valence-electron chi connectivity index (χ2n) is 8.12. The highest BCUT2D eigenvalue weighted by Gasteiger charge is 2.48. The summed E-state index contributed by atoms with van der Waals surface area (Å²) >= 11 is 0. The smallest absolute Gasteiger partial charge is 0.378 e. The van der Waals surface area contributed by atoms with Crippen molar-refractivity contribution in [3.63, 3.8) is 0 Å². The number of carbonyl (C=O) groups excluding carboxylic acids is 3. The molecule has 1 fully saturated rings. The Kier molecular flexibility index (Phi) is 6.08. The van der Waals surface area contributed by atoms with Crippen LogP contribution in [0.3, 0.4) is 0 Å². The maximum Gasteiger partial charge on any atom is 0.416 e. The highest BCUT2D eigenvalue weighted by atomic mass is 19.4. The number of nitrogens with zero attached hydrogens (tertiary/aromatic N) is 3. The topological polar surface area (TPSA) is 82.2 Å². The number of urea groups is 1. The standard InChI is InChI=1S/C22H25F3N4O4/c1-3-28-16-12-29(13(2)19(30)27-8-10-33-11-9-27)20(31)17(16)18(26-21(28)32)14-6-4-5-7-15(14)22(23,24)25/h4-7,13,18H,3,8-12H2,1-2H3,(H,26,32)/t13-,18+/m0/s1. The predicted octanol–water partition coefficient (Wildman–Crippen LogP) is 2.14. The molecule has 4 rings (SSSR count). The number of rotatable bonds is 4. The summed E-state index contributed by atoms with van der Waals surface area (Å²) in [5.41, 5.74) is -0.732. The number of nitrogens with one attached hydrogen (secondary N) is 1. The van der Waals surface area contributed by atoms with E-state index in [-0.39, 0.29) is 30.1 Å². The molecule has 3 heterocycles. The van der Waals surface area contributed by atoms with Crippen LogP contribution >= 0.6 is 0 Å². The first-order valence-electron chi connectivity index (χ1n) is 10.8. The van der Waals surface area contributed by atoms with Gasteiger partial charge in [0.15, 0.2) is 0 Å². The summed E-state index contributed by atoms with van der Waals surface area (Å²) in [5, 5.41) is 2.57. The van der Waals surface area contributed by atoms with E-state index in [0.29, 0.717) is 32.0 Å². The third-order valence-electron chi connectivity index (χ3n) is 6.29. The van der Waals surface area contributed by atoms with Crippen molar-refractivity contribution in [1.82, 2.24) is 20.0 Å². The average Bonchev–Trinajstić information content (AvgIpc) is 3.14. The lowest BCUT2D eigenvalue weighted by molar-refractivity contribution is -0.145. The molecule has 0 aromatic heterocycles. The van der Waals surface area contributed by atoms with Crippen LogP contribution in [0.15, 0.2) is 35.5 Å². The third-order valence-corrected chi connectivity index (χ3v) is 6.29. The monoisotopic (exact) mass is 466 g/mol. The number of hydrogen-bond donors (Lipinski definition) is 1. The molecule has 0 saturated carbocycles. The van der Waals surface area contributed by atoms with Crippen LogP contribution in [0.4, 0.5) is 18.0 Å². The molecule has 1 aromatic carbocycles. The third kappa shape index (κ3) is 4.05. The first kappa shape index (κ1) is 23.1. The van der Waals surface area contributed by atoms with E-state index >= 15 is 0 Å². The molecule has 178 valence electrons. The van der Waals surface area contributed by atoms with Gasteiger partial charge in [-0.25, -0.2) is 4.79 Å². The number of alkyl halides is 3. The second-order valence-corrected chi connectivity index (χ2v) is 8.12. The van der Waals surface area contributed by atoms with E-state index in [9.17, 15) is 27.6 Å². The van der Waals surface area contributed by atoms with E-state index in [1.165, 1.54) is 28.0 Å². The lowest BCUT2D eigenvalue weighted by Crippen LogP contribution is -2.51. The van der Waals surface area contributed by atoms with Gasteiger partial charge in [0.2, 0.25) is 5.91 Å². The van der Waals surface area contributed by atoms with E-state index < -0.39 is 35.8 Å². The zero-order valence-corrected chi connectivity index (χ0v) is 18.3. The lowest BCUT2D eigenvalue weighted by Gasteiger charge is -2.33. The first-order valence-corrected chi connectivity index (χ1v) is 10.8. The summed E-state index contributed by atoms with van der Waals surface area (Å²) in [6.07, 6.45) is -4.66. The van der Waals surface area contributed by atoms with Crippen LogP contribution in [0.5, 0.6) is 0 Å². The number of benzene rings is 1. The van der Waals surface area contributed by atoms with Gasteiger partial charge in [-0.1, -0.05) is 18.2 Å². The van der Waals surface area contributed by atoms with Crippen molar-refractivity contribution in [2.75, 3.05) is 39.4 Å². The number of hydrogen-bond acceptors (Lipinski definition) is 4. The van der Waals surface area contributed by atoms with Crippen molar-refractivity contribution in [3.05, 3.63) is 46.7 Å². The van der Waals surface area contributed by atoms with Gasteiger partial charge in [0, 0.05) is 19.6 Å². The molecule has 1 saturated heterocycles. The van der Waals surface area contributed by atoms with Crippen LogP contribution in [0.25, 0.3) is 0 Å². The molecule has 0 radical (unpaired) electrons. The van der Waals surface area contributed by atoms with Crippen LogP contribution in [0, 0.1) is 0 Å². The van der Waals surface area contributed by atoms with E-state index in [1.807, 2.05) is 0 Å². The van der Waals surface area contributed by atoms with Gasteiger partial charge < -0.3 is 19.9 Å². The van der Waals surface area contributed by atoms with E-state index in [4.69, 9.17) is 4.74 Å². The average molecular weight is 466 g/mol. The van der Waals surface area contributed by atoms with Crippen LogP contribution in [0.2, 0.25) is 0 Å². The summed E-state index contributed by atoms with van der Waals surface area (Å²) in [4.78, 5) is 43.5. The Balaban J connectivity index is 1.71. The summed E-state index contributed by atoms with van der Waals surface area (Å²) in [5.74, 6) is -0.819. The number of halogens is 3. The SMILES string of the molecule is CCN1C(=O)N[C@H](c2ccccc2C(F)(F)F)C2=C1CN([C@@H](C)C(=O)N1CCOCC1)C2=O. The fraction of sp³-hybridized carbons (Fsp3) is 0.500. The van der Waals surface area contributed by atoms with E-state index in [0.717, 1.165) is 6.07 Å². The minimum Gasteiger partial charge on any atom is -0.378 e. The Hall–Kier alpha value is -3.08. The number of likely N-dealkylation sites (N-methyl/N-ethyl adjacent to an activating group) is 1. The molecule has 0 spiro atoms. The molecular formula is C22H25F3N4O4. The molecule has 1 N–H and O–H groups in total. The summed E-state index contributed by atoms with van der Waals surface area (Å²) in [6, 6.07) is 2.19. The van der Waals surface area contributed by atoms with Crippen LogP contribution in [0.1, 0.15) is 31.0 Å². The highest BCUT2D eigenvalue weighted by Crippen LogP contribution is 2.41. The van der Waals surface area contributed by atoms with Crippen molar-refractivity contribution in [3.8, 4) is 0 Å². The summed E-state index contributed by atoms with van der Waals surface area (Å²) in [6.45, 7) is 5.12. The van der Waals surface area contributed by atoms with Crippen LogP contribution < -0.4 is 5.32 Å². The molecule has 2 atom stereocenters. The fourth-order valence-corrected chi connectivity index (χ4v) is 4.58. The van der Waals surface area contributed by atoms with Crippen molar-refractivity contribution >= 4 is 17.8 Å². The Morgan fingerprint density at radius 1 is 1.21 bits per heavy atom. The molecule has 4 amide bonds. The van der Waals surface area contributed by atoms with Crippen molar-refractivity contribution in [2.45, 2.75) is 32.1 Å². The van der Waals surface area contributed by atoms with E-state index in [2.05, 4.69) is 5.32 Å². The Morgan fingerprint density at radius 2 is 1.88 bits per heavy atom.